The van der Waals surface area contributed by atoms with Crippen LogP contribution in [0.4, 0.5) is 11.4 Å². The smallest absolute Gasteiger partial charge is 0.134 e. The number of nitrogens with zero attached hydrogens (tertiary/aromatic N) is 2. The molecule has 4 aliphatic heterocycles. The molecular formula is C60H37B10N3O. The Bertz CT molecular complexity index is 3970. The molecular weight excluding hydrogens is 887 g/mol. The molecule has 4 unspecified atom stereocenters. The molecule has 4 atom stereocenters. The maximum absolute atomic E-state index is 7.68. The molecule has 1 aliphatic carbocycles. The molecule has 328 valence electrons. The fraction of sp³-hybridized carbons (Fsp3) is 0.133. The van der Waals surface area contributed by atoms with E-state index in [0.717, 1.165) is 66.6 Å². The minimum Gasteiger partial charge on any atom is -0.457 e. The summed E-state index contributed by atoms with van der Waals surface area (Å²) in [4.78, 5) is 2.45. The van der Waals surface area contributed by atoms with E-state index >= 15 is 0 Å². The first-order valence-corrected chi connectivity index (χ1v) is 24.6. The number of rotatable bonds is 4. The summed E-state index contributed by atoms with van der Waals surface area (Å²) in [6, 6.07) is 37.2. The van der Waals surface area contributed by atoms with Crippen molar-refractivity contribution in [2.75, 3.05) is 4.90 Å². The summed E-state index contributed by atoms with van der Waals surface area (Å²) in [6.45, 7) is 6.67. The van der Waals surface area contributed by atoms with Crippen molar-refractivity contribution in [3.63, 3.8) is 0 Å². The monoisotopic (exact) mass is 925 g/mol. The number of ether oxygens (including phenoxy) is 1. The lowest BCUT2D eigenvalue weighted by atomic mass is 9.48. The van der Waals surface area contributed by atoms with Gasteiger partial charge in [-0.15, -0.1) is 43.7 Å². The van der Waals surface area contributed by atoms with Crippen molar-refractivity contribution in [1.82, 2.24) is 4.57 Å². The first-order valence-electron chi connectivity index (χ1n) is 24.6. The van der Waals surface area contributed by atoms with Gasteiger partial charge < -0.3 is 15.4 Å². The van der Waals surface area contributed by atoms with Gasteiger partial charge in [0.05, 0.1) is 22.5 Å². The quantitative estimate of drug-likeness (QED) is 0.276. The lowest BCUT2D eigenvalue weighted by Gasteiger charge is -2.50. The Balaban J connectivity index is 1.27. The Morgan fingerprint density at radius 1 is 0.554 bits per heavy atom. The third kappa shape index (κ3) is 5.89. The Labute approximate surface area is 445 Å². The van der Waals surface area contributed by atoms with Gasteiger partial charge in [0.1, 0.15) is 95.8 Å². The second-order valence-corrected chi connectivity index (χ2v) is 21.2. The number of hydrogen-bond acceptors (Lipinski definition) is 3. The Kier molecular flexibility index (Phi) is 10.2. The van der Waals surface area contributed by atoms with Crippen LogP contribution in [0.25, 0.3) is 38.8 Å². The third-order valence-corrected chi connectivity index (χ3v) is 16.6. The van der Waals surface area contributed by atoms with Crippen molar-refractivity contribution in [1.29, 1.82) is 0 Å². The molecule has 2 N–H and O–H groups in total. The van der Waals surface area contributed by atoms with Gasteiger partial charge in [-0.3, -0.25) is 4.57 Å². The molecule has 0 fully saturated rings. The van der Waals surface area contributed by atoms with Crippen LogP contribution in [0.3, 0.4) is 0 Å². The van der Waals surface area contributed by atoms with Gasteiger partial charge in [-0.05, 0) is 86.9 Å². The highest BCUT2D eigenvalue weighted by Gasteiger charge is 2.67. The average Bonchev–Trinajstić information content (AvgIpc) is 4.25. The van der Waals surface area contributed by atoms with Crippen LogP contribution >= 0.6 is 0 Å². The zero-order valence-electron chi connectivity index (χ0n) is 41.2. The second-order valence-electron chi connectivity index (χ2n) is 21.2. The van der Waals surface area contributed by atoms with Gasteiger partial charge in [-0.1, -0.05) is 135 Å². The van der Waals surface area contributed by atoms with Crippen molar-refractivity contribution < 1.29 is 4.74 Å². The van der Waals surface area contributed by atoms with Crippen LogP contribution in [0.2, 0.25) is 0 Å². The summed E-state index contributed by atoms with van der Waals surface area (Å²) in [5, 5.41) is 2.03. The lowest BCUT2D eigenvalue weighted by molar-refractivity contribution is 0.361. The number of nitrogens with two attached hydrogens (primary N) is 1. The van der Waals surface area contributed by atoms with E-state index in [9.17, 15) is 0 Å². The topological polar surface area (TPSA) is 43.4 Å². The number of anilines is 2. The summed E-state index contributed by atoms with van der Waals surface area (Å²) in [7, 11) is 69.9. The van der Waals surface area contributed by atoms with Crippen LogP contribution in [0, 0.1) is 5.41 Å². The molecule has 0 saturated heterocycles. The number of hydrogen-bond donors (Lipinski definition) is 1. The van der Waals surface area contributed by atoms with Crippen LogP contribution in [0.1, 0.15) is 60.1 Å². The number of benzene rings is 7. The first-order chi connectivity index (χ1) is 35.4. The zero-order valence-corrected chi connectivity index (χ0v) is 41.2. The van der Waals surface area contributed by atoms with Gasteiger partial charge in [-0.2, -0.15) is 0 Å². The van der Waals surface area contributed by atoms with E-state index in [0.29, 0.717) is 34.0 Å². The molecule has 13 rings (SSSR count). The highest BCUT2D eigenvalue weighted by atomic mass is 16.5. The largest absolute Gasteiger partial charge is 0.457 e. The van der Waals surface area contributed by atoms with Gasteiger partial charge in [0.2, 0.25) is 0 Å². The van der Waals surface area contributed by atoms with Crippen LogP contribution in [0.5, 0.6) is 11.5 Å². The molecule has 5 aliphatic rings. The average molecular weight is 924 g/mol. The summed E-state index contributed by atoms with van der Waals surface area (Å²) in [6.07, 6.45) is 12.9. The lowest BCUT2D eigenvalue weighted by Crippen LogP contribution is -2.62. The fourth-order valence-corrected chi connectivity index (χ4v) is 13.5. The van der Waals surface area contributed by atoms with E-state index in [-0.39, 0.29) is 54.6 Å². The molecule has 0 saturated carbocycles. The molecule has 4 nitrogen and oxygen atoms in total. The van der Waals surface area contributed by atoms with Gasteiger partial charge in [-0.25, -0.2) is 0 Å². The zero-order chi connectivity index (χ0) is 51.7. The molecule has 14 heteroatoms. The predicted molar refractivity (Wildman–Crippen MR) is 318 cm³/mol. The summed E-state index contributed by atoms with van der Waals surface area (Å²) < 4.78 is 9.47. The molecule has 7 aromatic carbocycles. The normalized spacial score (nSPS) is 23.3. The van der Waals surface area contributed by atoms with E-state index in [1.54, 1.807) is 0 Å². The minimum atomic E-state index is -1.43. The highest BCUT2D eigenvalue weighted by molar-refractivity contribution is 6.69. The molecule has 5 heterocycles. The van der Waals surface area contributed by atoms with E-state index in [2.05, 4.69) is 146 Å². The Morgan fingerprint density at radius 2 is 1.16 bits per heavy atom. The van der Waals surface area contributed by atoms with E-state index in [1.807, 2.05) is 30.4 Å². The number of allylic oxidation sites excluding steroid dienone is 8. The minimum absolute atomic E-state index is 0.0701. The molecule has 0 amide bonds. The Morgan fingerprint density at radius 3 is 1.86 bits per heavy atom. The van der Waals surface area contributed by atoms with Gasteiger partial charge in [0, 0.05) is 44.6 Å². The number of aromatic nitrogens is 1. The maximum atomic E-state index is 7.68. The van der Waals surface area contributed by atoms with Crippen molar-refractivity contribution in [2.45, 2.75) is 43.6 Å². The summed E-state index contributed by atoms with van der Waals surface area (Å²) in [5.74, 6) is 1.25. The van der Waals surface area contributed by atoms with Crippen LogP contribution in [0.15, 0.2) is 151 Å². The summed E-state index contributed by atoms with van der Waals surface area (Å²) >= 11 is 0. The van der Waals surface area contributed by atoms with Gasteiger partial charge >= 0.3 is 0 Å². The van der Waals surface area contributed by atoms with Crippen LogP contribution in [-0.4, -0.2) is 89.1 Å². The fourth-order valence-electron chi connectivity index (χ4n) is 13.5. The maximum Gasteiger partial charge on any atom is 0.134 e. The molecule has 8 aromatic rings. The van der Waals surface area contributed by atoms with Gasteiger partial charge in [0.25, 0.3) is 0 Å². The van der Waals surface area contributed by atoms with Crippen molar-refractivity contribution in [3.05, 3.63) is 185 Å². The van der Waals surface area contributed by atoms with E-state index in [1.165, 1.54) is 0 Å². The number of fused-ring (bicyclic) bond motifs is 7. The van der Waals surface area contributed by atoms with Crippen LogP contribution in [-0.2, 0) is 10.8 Å². The second kappa shape index (κ2) is 16.0. The first kappa shape index (κ1) is 46.8. The SMILES string of the molecule is [B]c1c([B])c([B])c(C2=CC=CC2(c2c([B])c([B])c([B])c([B])c2[B])C2c3ccccc3N3c4cccc5c4C4(/C=C/C(c6ccccc6)=C(C(C)(C)C)\C=C(/N)n6c7ccccc7c7ccc(c4c76)O5)C23)c([B])c1[B]. The highest BCUT2D eigenvalue weighted by Crippen LogP contribution is 2.72. The van der Waals surface area contributed by atoms with E-state index < -0.39 is 28.2 Å². The molecule has 0 bridgehead atoms. The van der Waals surface area contributed by atoms with Gasteiger partial charge in [0.15, 0.2) is 0 Å². The molecule has 74 heavy (non-hydrogen) atoms. The van der Waals surface area contributed by atoms with Crippen molar-refractivity contribution >= 4 is 183 Å². The Hall–Kier alpha value is -6.91. The van der Waals surface area contributed by atoms with Crippen LogP contribution < -0.4 is 70.0 Å². The standard InChI is InChI=1S/C60H37B10N3O/c1-58(2,3)34-27-40(71)73-35-18-9-7-15-30(35)31-22-23-39-44(56(31)73)60(26-24-29(34)28-13-5-4-6-14-28)43-37(20-11-21-38(43)74-39)72-36-19-10-8-16-32(36)42(57(60)72)59(45-48(63)52(67)55(70)53(68)49(45)64)25-12-17-33(59)41-46(61)50(65)54(69)51(66)47(41)62/h4-27,42,57H,71H2,1-3H3/b26-24+,34-29-,40-27+. The predicted octanol–water partition coefficient (Wildman–Crippen LogP) is 2.16. The third-order valence-electron chi connectivity index (χ3n) is 16.6. The van der Waals surface area contributed by atoms with Crippen molar-refractivity contribution in [2.24, 2.45) is 11.1 Å². The molecule has 20 radical (unpaired) electrons. The summed E-state index contributed by atoms with van der Waals surface area (Å²) in [5.41, 5.74) is 16.8. The van der Waals surface area contributed by atoms with Crippen molar-refractivity contribution in [3.8, 4) is 11.5 Å². The number of para-hydroxylation sites is 2. The molecule has 1 aromatic heterocycles. The molecule has 1 spiro atoms. The van der Waals surface area contributed by atoms with E-state index in [4.69, 9.17) is 88.9 Å².